The predicted octanol–water partition coefficient (Wildman–Crippen LogP) is 4.14. The van der Waals surface area contributed by atoms with Crippen LogP contribution in [0.15, 0.2) is 45.8 Å². The minimum atomic E-state index is -3.88. The molecule has 3 N–H and O–H groups in total. The molecule has 0 saturated heterocycles. The second kappa shape index (κ2) is 5.81. The summed E-state index contributed by atoms with van der Waals surface area (Å²) in [5.41, 5.74) is 6.11. The quantitative estimate of drug-likeness (QED) is 0.767. The van der Waals surface area contributed by atoms with E-state index in [4.69, 9.17) is 28.9 Å². The Bertz CT molecular complexity index is 746. The van der Waals surface area contributed by atoms with Crippen LogP contribution in [0.25, 0.3) is 0 Å². The second-order valence-corrected chi connectivity index (χ2v) is 7.18. The summed E-state index contributed by atoms with van der Waals surface area (Å²) in [5, 5.41) is 0.538. The van der Waals surface area contributed by atoms with Gasteiger partial charge in [0, 0.05) is 4.47 Å². The van der Waals surface area contributed by atoms with Gasteiger partial charge in [-0.2, -0.15) is 0 Å². The van der Waals surface area contributed by atoms with Gasteiger partial charge in [-0.1, -0.05) is 29.3 Å². The monoisotopic (exact) mass is 394 g/mol. The first-order chi connectivity index (χ1) is 9.31. The van der Waals surface area contributed by atoms with Gasteiger partial charge in [0.05, 0.1) is 21.4 Å². The van der Waals surface area contributed by atoms with Crippen LogP contribution in [0.5, 0.6) is 0 Å². The van der Waals surface area contributed by atoms with E-state index in [2.05, 4.69) is 20.7 Å². The summed E-state index contributed by atoms with van der Waals surface area (Å²) in [4.78, 5) is -0.146. The molecular weight excluding hydrogens is 387 g/mol. The molecule has 0 heterocycles. The Kier molecular flexibility index (Phi) is 4.49. The van der Waals surface area contributed by atoms with E-state index in [0.717, 1.165) is 0 Å². The number of sulfonamides is 1. The molecule has 0 unspecified atom stereocenters. The Hall–Kier alpha value is -0.950. The normalized spacial score (nSPS) is 11.3. The molecule has 0 aliphatic rings. The van der Waals surface area contributed by atoms with Gasteiger partial charge in [0.15, 0.2) is 0 Å². The maximum absolute atomic E-state index is 12.3. The summed E-state index contributed by atoms with van der Waals surface area (Å²) in [7, 11) is -3.88. The first kappa shape index (κ1) is 15.4. The smallest absolute Gasteiger partial charge is 0.265 e. The topological polar surface area (TPSA) is 72.2 Å². The van der Waals surface area contributed by atoms with Gasteiger partial charge in [0.2, 0.25) is 0 Å². The van der Waals surface area contributed by atoms with Gasteiger partial charge in [-0.15, -0.1) is 0 Å². The van der Waals surface area contributed by atoms with Crippen LogP contribution in [0.2, 0.25) is 10.0 Å². The predicted molar refractivity (Wildman–Crippen MR) is 85.8 cm³/mol. The van der Waals surface area contributed by atoms with Crippen LogP contribution in [0.1, 0.15) is 0 Å². The van der Waals surface area contributed by atoms with Crippen molar-refractivity contribution in [3.63, 3.8) is 0 Å². The molecule has 2 aromatic rings. The highest BCUT2D eigenvalue weighted by molar-refractivity contribution is 9.10. The van der Waals surface area contributed by atoms with Crippen LogP contribution in [0.3, 0.4) is 0 Å². The molecule has 20 heavy (non-hydrogen) atoms. The van der Waals surface area contributed by atoms with E-state index in [9.17, 15) is 8.42 Å². The zero-order chi connectivity index (χ0) is 14.9. The lowest BCUT2D eigenvalue weighted by molar-refractivity contribution is 0.601. The van der Waals surface area contributed by atoms with Gasteiger partial charge >= 0.3 is 0 Å². The number of nitrogen functional groups attached to an aromatic ring is 1. The first-order valence-corrected chi connectivity index (χ1v) is 8.36. The van der Waals surface area contributed by atoms with E-state index in [0.29, 0.717) is 15.2 Å². The van der Waals surface area contributed by atoms with Crippen molar-refractivity contribution in [2.45, 2.75) is 4.90 Å². The SMILES string of the molecule is Nc1cccc(Cl)c1S(=O)(=O)Nc1ccc(Cl)c(Br)c1. The Morgan fingerprint density at radius 2 is 1.80 bits per heavy atom. The van der Waals surface area contributed by atoms with E-state index >= 15 is 0 Å². The van der Waals surface area contributed by atoms with Gasteiger partial charge in [-0.05, 0) is 46.3 Å². The van der Waals surface area contributed by atoms with Gasteiger partial charge in [0.1, 0.15) is 4.90 Å². The summed E-state index contributed by atoms with van der Waals surface area (Å²) in [5.74, 6) is 0. The molecule has 4 nitrogen and oxygen atoms in total. The van der Waals surface area contributed by atoms with E-state index in [1.807, 2.05) is 0 Å². The lowest BCUT2D eigenvalue weighted by atomic mass is 10.3. The number of nitrogens with one attached hydrogen (secondary N) is 1. The third-order valence-electron chi connectivity index (χ3n) is 2.44. The molecule has 0 bridgehead atoms. The molecule has 0 aliphatic carbocycles. The Labute approximate surface area is 135 Å². The van der Waals surface area contributed by atoms with Crippen molar-refractivity contribution in [2.75, 3.05) is 10.5 Å². The minimum Gasteiger partial charge on any atom is -0.398 e. The number of halogens is 3. The van der Waals surface area contributed by atoms with Crippen molar-refractivity contribution in [3.8, 4) is 0 Å². The minimum absolute atomic E-state index is 0.0607. The van der Waals surface area contributed by atoms with Crippen LogP contribution >= 0.6 is 39.1 Å². The highest BCUT2D eigenvalue weighted by atomic mass is 79.9. The fraction of sp³-hybridized carbons (Fsp3) is 0. The number of rotatable bonds is 3. The van der Waals surface area contributed by atoms with Crippen LogP contribution in [0.4, 0.5) is 11.4 Å². The largest absolute Gasteiger partial charge is 0.398 e. The Morgan fingerprint density at radius 3 is 2.40 bits per heavy atom. The van der Waals surface area contributed by atoms with Crippen molar-refractivity contribution in [1.29, 1.82) is 0 Å². The number of anilines is 2. The zero-order valence-electron chi connectivity index (χ0n) is 9.90. The number of nitrogens with two attached hydrogens (primary N) is 1. The van der Waals surface area contributed by atoms with E-state index < -0.39 is 10.0 Å². The van der Waals surface area contributed by atoms with Crippen LogP contribution in [-0.4, -0.2) is 8.42 Å². The molecule has 106 valence electrons. The lowest BCUT2D eigenvalue weighted by Gasteiger charge is -2.12. The molecule has 0 atom stereocenters. The van der Waals surface area contributed by atoms with Crippen LogP contribution in [-0.2, 0) is 10.0 Å². The van der Waals surface area contributed by atoms with Gasteiger partial charge < -0.3 is 5.73 Å². The van der Waals surface area contributed by atoms with E-state index in [-0.39, 0.29) is 15.6 Å². The maximum Gasteiger partial charge on any atom is 0.265 e. The molecule has 0 aliphatic heterocycles. The average molecular weight is 396 g/mol. The number of benzene rings is 2. The van der Waals surface area contributed by atoms with Gasteiger partial charge in [-0.3, -0.25) is 4.72 Å². The fourth-order valence-corrected chi connectivity index (χ4v) is 3.80. The second-order valence-electron chi connectivity index (χ2n) is 3.89. The molecule has 0 aromatic heterocycles. The maximum atomic E-state index is 12.3. The van der Waals surface area contributed by atoms with Crippen LogP contribution in [0, 0.1) is 0 Å². The Balaban J connectivity index is 2.43. The molecule has 8 heteroatoms. The highest BCUT2D eigenvalue weighted by Crippen LogP contribution is 2.31. The van der Waals surface area contributed by atoms with Crippen molar-refractivity contribution >= 4 is 60.5 Å². The van der Waals surface area contributed by atoms with E-state index in [1.165, 1.54) is 18.2 Å². The molecule has 0 spiro atoms. The summed E-state index contributed by atoms with van der Waals surface area (Å²) < 4.78 is 27.6. The zero-order valence-corrected chi connectivity index (χ0v) is 13.8. The lowest BCUT2D eigenvalue weighted by Crippen LogP contribution is -2.15. The summed E-state index contributed by atoms with van der Waals surface area (Å²) in [6, 6.07) is 9.17. The average Bonchev–Trinajstić information content (AvgIpc) is 2.33. The fourth-order valence-electron chi connectivity index (χ4n) is 1.57. The summed E-state index contributed by atoms with van der Waals surface area (Å²) >= 11 is 15.0. The van der Waals surface area contributed by atoms with Crippen molar-refractivity contribution in [3.05, 3.63) is 50.9 Å². The molecule has 0 radical (unpaired) electrons. The molecule has 0 saturated carbocycles. The number of hydrogen-bond acceptors (Lipinski definition) is 3. The van der Waals surface area contributed by atoms with Crippen molar-refractivity contribution in [2.24, 2.45) is 0 Å². The Morgan fingerprint density at radius 1 is 1.10 bits per heavy atom. The molecule has 2 aromatic carbocycles. The first-order valence-electron chi connectivity index (χ1n) is 5.33. The molecular formula is C12H9BrCl2N2O2S. The third kappa shape index (κ3) is 3.20. The van der Waals surface area contributed by atoms with Gasteiger partial charge in [0.25, 0.3) is 10.0 Å². The standard InChI is InChI=1S/C12H9BrCl2N2O2S/c13-8-6-7(4-5-9(8)14)17-20(18,19)12-10(15)2-1-3-11(12)16/h1-6,17H,16H2. The van der Waals surface area contributed by atoms with Crippen molar-refractivity contribution < 1.29 is 8.42 Å². The highest BCUT2D eigenvalue weighted by Gasteiger charge is 2.21. The molecule has 2 rings (SSSR count). The third-order valence-corrected chi connectivity index (χ3v) is 5.58. The molecule has 0 fully saturated rings. The van der Waals surface area contributed by atoms with Crippen LogP contribution < -0.4 is 10.5 Å². The van der Waals surface area contributed by atoms with Crippen molar-refractivity contribution in [1.82, 2.24) is 0 Å². The summed E-state index contributed by atoms with van der Waals surface area (Å²) in [6.07, 6.45) is 0. The number of hydrogen-bond donors (Lipinski definition) is 2. The summed E-state index contributed by atoms with van der Waals surface area (Å²) in [6.45, 7) is 0. The molecule has 0 amide bonds. The van der Waals surface area contributed by atoms with Gasteiger partial charge in [-0.25, -0.2) is 8.42 Å². The van der Waals surface area contributed by atoms with E-state index in [1.54, 1.807) is 18.2 Å².